The third kappa shape index (κ3) is 4.71. The minimum absolute atomic E-state index is 0.0267. The molecule has 3 heteroatoms. The van der Waals surface area contributed by atoms with Crippen LogP contribution in [0.1, 0.15) is 30.9 Å². The quantitative estimate of drug-likeness (QED) is 0.797. The summed E-state index contributed by atoms with van der Waals surface area (Å²) in [5.41, 5.74) is 1.97. The van der Waals surface area contributed by atoms with Gasteiger partial charge in [-0.25, -0.2) is 4.39 Å². The molecule has 2 nitrogen and oxygen atoms in total. The highest BCUT2D eigenvalue weighted by atomic mass is 19.1. The molecular weight excluding hydrogens is 267 g/mol. The maximum absolute atomic E-state index is 12.8. The van der Waals surface area contributed by atoms with E-state index < -0.39 is 0 Å². The van der Waals surface area contributed by atoms with Gasteiger partial charge in [0, 0.05) is 6.42 Å². The molecule has 110 valence electrons. The Balaban J connectivity index is 1.89. The van der Waals surface area contributed by atoms with Crippen molar-refractivity contribution < 1.29 is 13.9 Å². The van der Waals surface area contributed by atoms with Crippen LogP contribution in [0.25, 0.3) is 0 Å². The van der Waals surface area contributed by atoms with Gasteiger partial charge in [-0.1, -0.05) is 38.1 Å². The molecule has 0 atom stereocenters. The number of Topliss-reactive ketones (excluding diaryl/α,β-unsaturated/α-hetero) is 1. The van der Waals surface area contributed by atoms with Crippen LogP contribution in [0.5, 0.6) is 5.75 Å². The summed E-state index contributed by atoms with van der Waals surface area (Å²) in [6, 6.07) is 13.7. The fourth-order valence-corrected chi connectivity index (χ4v) is 2.01. The van der Waals surface area contributed by atoms with Crippen LogP contribution >= 0.6 is 0 Å². The van der Waals surface area contributed by atoms with Crippen LogP contribution in [0, 0.1) is 5.82 Å². The molecule has 0 bridgehead atoms. The summed E-state index contributed by atoms with van der Waals surface area (Å²) < 4.78 is 18.3. The Bertz CT molecular complexity index is 603. The number of rotatable bonds is 6. The van der Waals surface area contributed by atoms with Crippen molar-refractivity contribution in [2.24, 2.45) is 0 Å². The molecule has 0 aromatic heterocycles. The van der Waals surface area contributed by atoms with Crippen molar-refractivity contribution in [2.45, 2.75) is 26.2 Å². The highest BCUT2D eigenvalue weighted by molar-refractivity contribution is 5.82. The molecule has 0 fully saturated rings. The Hall–Kier alpha value is -2.16. The van der Waals surface area contributed by atoms with Gasteiger partial charge in [0.15, 0.2) is 5.78 Å². The fraction of sp³-hybridized carbons (Fsp3) is 0.278. The first-order chi connectivity index (χ1) is 10.0. The second-order valence-corrected chi connectivity index (χ2v) is 5.36. The normalized spacial score (nSPS) is 10.7. The second-order valence-electron chi connectivity index (χ2n) is 5.36. The van der Waals surface area contributed by atoms with Gasteiger partial charge in [-0.15, -0.1) is 0 Å². The zero-order valence-corrected chi connectivity index (χ0v) is 12.3. The lowest BCUT2D eigenvalue weighted by atomic mass is 10.0. The number of hydrogen-bond donors (Lipinski definition) is 0. The Kier molecular flexibility index (Phi) is 5.09. The number of halogens is 1. The Morgan fingerprint density at radius 1 is 1.14 bits per heavy atom. The Labute approximate surface area is 124 Å². The van der Waals surface area contributed by atoms with Gasteiger partial charge < -0.3 is 4.74 Å². The van der Waals surface area contributed by atoms with Gasteiger partial charge in [-0.3, -0.25) is 4.79 Å². The molecule has 2 aromatic rings. The third-order valence-corrected chi connectivity index (χ3v) is 3.24. The zero-order chi connectivity index (χ0) is 15.2. The summed E-state index contributed by atoms with van der Waals surface area (Å²) in [6.45, 7) is 4.25. The van der Waals surface area contributed by atoms with E-state index in [-0.39, 0.29) is 24.6 Å². The molecule has 0 aliphatic rings. The van der Waals surface area contributed by atoms with Crippen LogP contribution < -0.4 is 4.74 Å². The zero-order valence-electron chi connectivity index (χ0n) is 12.3. The van der Waals surface area contributed by atoms with Crippen molar-refractivity contribution in [3.05, 3.63) is 65.5 Å². The molecule has 21 heavy (non-hydrogen) atoms. The smallest absolute Gasteiger partial charge is 0.174 e. The van der Waals surface area contributed by atoms with Crippen molar-refractivity contribution in [3.8, 4) is 5.75 Å². The number of carbonyl (C=O) groups is 1. The third-order valence-electron chi connectivity index (χ3n) is 3.24. The number of benzene rings is 2. The highest BCUT2D eigenvalue weighted by Crippen LogP contribution is 2.20. The van der Waals surface area contributed by atoms with E-state index in [0.717, 1.165) is 5.56 Å². The lowest BCUT2D eigenvalue weighted by molar-refractivity contribution is -0.120. The molecule has 0 unspecified atom stereocenters. The average Bonchev–Trinajstić information content (AvgIpc) is 2.48. The van der Waals surface area contributed by atoms with E-state index in [1.165, 1.54) is 17.7 Å². The first-order valence-corrected chi connectivity index (χ1v) is 7.03. The van der Waals surface area contributed by atoms with Gasteiger partial charge in [0.2, 0.25) is 0 Å². The Morgan fingerprint density at radius 3 is 2.52 bits per heavy atom. The fourth-order valence-electron chi connectivity index (χ4n) is 2.01. The van der Waals surface area contributed by atoms with E-state index in [2.05, 4.69) is 13.8 Å². The van der Waals surface area contributed by atoms with Gasteiger partial charge >= 0.3 is 0 Å². The average molecular weight is 286 g/mol. The monoisotopic (exact) mass is 286 g/mol. The number of ketones is 1. The van der Waals surface area contributed by atoms with Crippen LogP contribution in [-0.2, 0) is 11.2 Å². The molecule has 0 N–H and O–H groups in total. The van der Waals surface area contributed by atoms with E-state index in [9.17, 15) is 9.18 Å². The number of carbonyl (C=O) groups excluding carboxylic acids is 1. The van der Waals surface area contributed by atoms with Crippen molar-refractivity contribution in [1.29, 1.82) is 0 Å². The van der Waals surface area contributed by atoms with E-state index in [1.54, 1.807) is 12.1 Å². The summed E-state index contributed by atoms with van der Waals surface area (Å²) >= 11 is 0. The van der Waals surface area contributed by atoms with Crippen LogP contribution in [-0.4, -0.2) is 12.4 Å². The van der Waals surface area contributed by atoms with Gasteiger partial charge in [-0.05, 0) is 41.3 Å². The summed E-state index contributed by atoms with van der Waals surface area (Å²) in [7, 11) is 0. The molecule has 2 aromatic carbocycles. The van der Waals surface area contributed by atoms with Crippen LogP contribution in [0.3, 0.4) is 0 Å². The summed E-state index contributed by atoms with van der Waals surface area (Å²) in [5, 5.41) is 0. The van der Waals surface area contributed by atoms with Gasteiger partial charge in [0.25, 0.3) is 0 Å². The Morgan fingerprint density at radius 2 is 1.86 bits per heavy atom. The van der Waals surface area contributed by atoms with Crippen molar-refractivity contribution >= 4 is 5.78 Å². The first-order valence-electron chi connectivity index (χ1n) is 7.03. The molecule has 2 rings (SSSR count). The first kappa shape index (κ1) is 15.2. The van der Waals surface area contributed by atoms with Crippen LogP contribution in [0.2, 0.25) is 0 Å². The SMILES string of the molecule is CC(C)c1cccc(OCC(=O)Cc2ccc(F)cc2)c1. The minimum Gasteiger partial charge on any atom is -0.486 e. The summed E-state index contributed by atoms with van der Waals surface area (Å²) in [6.07, 6.45) is 0.254. The molecule has 0 saturated heterocycles. The van der Waals surface area contributed by atoms with Crippen molar-refractivity contribution in [2.75, 3.05) is 6.61 Å². The lowest BCUT2D eigenvalue weighted by Gasteiger charge is -2.09. The van der Waals surface area contributed by atoms with Crippen molar-refractivity contribution in [1.82, 2.24) is 0 Å². The standard InChI is InChI=1S/C18H19FO2/c1-13(2)15-4-3-5-18(11-15)21-12-17(20)10-14-6-8-16(19)9-7-14/h3-9,11,13H,10,12H2,1-2H3. The predicted octanol–water partition coefficient (Wildman–Crippen LogP) is 4.14. The lowest BCUT2D eigenvalue weighted by Crippen LogP contribution is -2.13. The summed E-state index contributed by atoms with van der Waals surface area (Å²) in [4.78, 5) is 11.9. The van der Waals surface area contributed by atoms with Crippen molar-refractivity contribution in [3.63, 3.8) is 0 Å². The summed E-state index contributed by atoms with van der Waals surface area (Å²) in [5.74, 6) is 0.793. The molecule has 0 saturated carbocycles. The molecule has 0 aliphatic heterocycles. The largest absolute Gasteiger partial charge is 0.486 e. The number of hydrogen-bond acceptors (Lipinski definition) is 2. The number of ether oxygens (including phenoxy) is 1. The minimum atomic E-state index is -0.298. The highest BCUT2D eigenvalue weighted by Gasteiger charge is 2.06. The van der Waals surface area contributed by atoms with Gasteiger partial charge in [0.1, 0.15) is 18.2 Å². The maximum atomic E-state index is 12.8. The van der Waals surface area contributed by atoms with E-state index in [0.29, 0.717) is 11.7 Å². The molecule has 0 aliphatic carbocycles. The van der Waals surface area contributed by atoms with Crippen LogP contribution in [0.4, 0.5) is 4.39 Å². The van der Waals surface area contributed by atoms with Crippen LogP contribution in [0.15, 0.2) is 48.5 Å². The molecule has 0 amide bonds. The van der Waals surface area contributed by atoms with E-state index in [4.69, 9.17) is 4.74 Å². The topological polar surface area (TPSA) is 26.3 Å². The molecule has 0 spiro atoms. The van der Waals surface area contributed by atoms with Gasteiger partial charge in [0.05, 0.1) is 0 Å². The molecule has 0 radical (unpaired) electrons. The molecule has 0 heterocycles. The van der Waals surface area contributed by atoms with E-state index in [1.807, 2.05) is 24.3 Å². The maximum Gasteiger partial charge on any atom is 0.174 e. The predicted molar refractivity (Wildman–Crippen MR) is 81.1 cm³/mol. The van der Waals surface area contributed by atoms with E-state index >= 15 is 0 Å². The van der Waals surface area contributed by atoms with Gasteiger partial charge in [-0.2, -0.15) is 0 Å². The second kappa shape index (κ2) is 7.02. The molecular formula is C18H19FO2.